The zero-order valence-electron chi connectivity index (χ0n) is 17.0. The van der Waals surface area contributed by atoms with Gasteiger partial charge in [0.1, 0.15) is 12.1 Å². The molecule has 0 radical (unpaired) electrons. The normalized spacial score (nSPS) is 19.6. The SMILES string of the molecule is CCCC[C@@]1(C)NC(=O)N(CC(=O)OCC(=O)NCc2ccc3c(c2)OCO3)C1=O. The molecule has 2 aliphatic heterocycles. The first-order chi connectivity index (χ1) is 14.3. The van der Waals surface area contributed by atoms with E-state index in [9.17, 15) is 19.2 Å². The summed E-state index contributed by atoms with van der Waals surface area (Å²) in [4.78, 5) is 49.3. The van der Waals surface area contributed by atoms with Crippen molar-refractivity contribution in [3.63, 3.8) is 0 Å². The first-order valence-corrected chi connectivity index (χ1v) is 9.77. The van der Waals surface area contributed by atoms with Crippen LogP contribution in [0.25, 0.3) is 0 Å². The second-order valence-electron chi connectivity index (χ2n) is 7.38. The highest BCUT2D eigenvalue weighted by Gasteiger charge is 2.47. The van der Waals surface area contributed by atoms with E-state index in [0.29, 0.717) is 17.9 Å². The van der Waals surface area contributed by atoms with Crippen molar-refractivity contribution in [2.45, 2.75) is 45.2 Å². The Hall–Kier alpha value is -3.30. The molecule has 0 saturated carbocycles. The Bertz CT molecular complexity index is 857. The number of unbranched alkanes of at least 4 members (excludes halogenated alkanes) is 1. The molecule has 162 valence electrons. The number of ether oxygens (including phenoxy) is 3. The lowest BCUT2D eigenvalue weighted by atomic mass is 9.95. The summed E-state index contributed by atoms with van der Waals surface area (Å²) in [5.41, 5.74) is -0.223. The lowest BCUT2D eigenvalue weighted by molar-refractivity contribution is -0.151. The molecule has 1 atom stereocenters. The summed E-state index contributed by atoms with van der Waals surface area (Å²) >= 11 is 0. The third-order valence-electron chi connectivity index (χ3n) is 4.95. The molecule has 1 fully saturated rings. The van der Waals surface area contributed by atoms with Crippen LogP contribution in [-0.4, -0.2) is 54.2 Å². The first-order valence-electron chi connectivity index (χ1n) is 9.77. The molecule has 2 N–H and O–H groups in total. The van der Waals surface area contributed by atoms with Crippen molar-refractivity contribution < 1.29 is 33.4 Å². The molecular weight excluding hydrogens is 394 g/mol. The number of benzene rings is 1. The van der Waals surface area contributed by atoms with Gasteiger partial charge in [0, 0.05) is 6.54 Å². The molecule has 0 bridgehead atoms. The standard InChI is InChI=1S/C20H25N3O7/c1-3-4-7-20(2)18(26)23(19(27)22-20)10-17(25)28-11-16(24)21-9-13-5-6-14-15(8-13)30-12-29-14/h5-6,8H,3-4,7,9-12H2,1-2H3,(H,21,24)(H,22,27)/t20-/m1/s1. The maximum atomic E-state index is 12.5. The van der Waals surface area contributed by atoms with E-state index in [1.165, 1.54) is 0 Å². The van der Waals surface area contributed by atoms with Gasteiger partial charge in [-0.2, -0.15) is 0 Å². The summed E-state index contributed by atoms with van der Waals surface area (Å²) < 4.78 is 15.4. The van der Waals surface area contributed by atoms with Crippen molar-refractivity contribution in [2.24, 2.45) is 0 Å². The number of carbonyl (C=O) groups excluding carboxylic acids is 4. The maximum absolute atomic E-state index is 12.5. The Balaban J connectivity index is 1.42. The van der Waals surface area contributed by atoms with E-state index in [2.05, 4.69) is 10.6 Å². The minimum absolute atomic E-state index is 0.163. The van der Waals surface area contributed by atoms with Gasteiger partial charge in [-0.25, -0.2) is 4.79 Å². The van der Waals surface area contributed by atoms with Crippen LogP contribution in [0.4, 0.5) is 4.79 Å². The molecule has 1 aromatic rings. The smallest absolute Gasteiger partial charge is 0.326 e. The van der Waals surface area contributed by atoms with E-state index in [4.69, 9.17) is 14.2 Å². The van der Waals surface area contributed by atoms with Crippen molar-refractivity contribution in [1.82, 2.24) is 15.5 Å². The molecule has 2 heterocycles. The van der Waals surface area contributed by atoms with Crippen molar-refractivity contribution in [2.75, 3.05) is 19.9 Å². The summed E-state index contributed by atoms with van der Waals surface area (Å²) in [6.07, 6.45) is 2.13. The average Bonchev–Trinajstić information content (AvgIpc) is 3.27. The Morgan fingerprint density at radius 2 is 2.03 bits per heavy atom. The number of imide groups is 1. The third kappa shape index (κ3) is 4.81. The summed E-state index contributed by atoms with van der Waals surface area (Å²) in [6, 6.07) is 4.65. The highest BCUT2D eigenvalue weighted by atomic mass is 16.7. The lowest BCUT2D eigenvalue weighted by Gasteiger charge is -2.21. The minimum atomic E-state index is -1.02. The van der Waals surface area contributed by atoms with Crippen LogP contribution in [0, 0.1) is 0 Å². The highest BCUT2D eigenvalue weighted by molar-refractivity contribution is 6.08. The second kappa shape index (κ2) is 9.02. The Morgan fingerprint density at radius 3 is 2.80 bits per heavy atom. The summed E-state index contributed by atoms with van der Waals surface area (Å²) in [5, 5.41) is 5.24. The van der Waals surface area contributed by atoms with Crippen molar-refractivity contribution in [3.05, 3.63) is 23.8 Å². The maximum Gasteiger partial charge on any atom is 0.326 e. The first kappa shape index (κ1) is 21.4. The number of nitrogens with zero attached hydrogens (tertiary/aromatic N) is 1. The van der Waals surface area contributed by atoms with E-state index < -0.39 is 42.5 Å². The van der Waals surface area contributed by atoms with E-state index in [-0.39, 0.29) is 13.3 Å². The molecule has 0 spiro atoms. The van der Waals surface area contributed by atoms with Gasteiger partial charge in [-0.3, -0.25) is 19.3 Å². The number of hydrogen-bond donors (Lipinski definition) is 2. The number of amides is 4. The van der Waals surface area contributed by atoms with E-state index in [1.54, 1.807) is 25.1 Å². The Labute approximate surface area is 173 Å². The zero-order chi connectivity index (χ0) is 21.7. The van der Waals surface area contributed by atoms with Gasteiger partial charge in [0.15, 0.2) is 18.1 Å². The number of nitrogens with one attached hydrogen (secondary N) is 2. The summed E-state index contributed by atoms with van der Waals surface area (Å²) in [7, 11) is 0. The summed E-state index contributed by atoms with van der Waals surface area (Å²) in [6.45, 7) is 2.95. The molecule has 3 rings (SSSR count). The molecule has 0 aliphatic carbocycles. The number of carbonyl (C=O) groups is 4. The number of rotatable bonds is 9. The van der Waals surface area contributed by atoms with Gasteiger partial charge < -0.3 is 24.8 Å². The van der Waals surface area contributed by atoms with Gasteiger partial charge >= 0.3 is 12.0 Å². The van der Waals surface area contributed by atoms with E-state index in [0.717, 1.165) is 23.3 Å². The van der Waals surface area contributed by atoms with Gasteiger partial charge in [0.2, 0.25) is 6.79 Å². The van der Waals surface area contributed by atoms with Crippen LogP contribution in [0.1, 0.15) is 38.7 Å². The number of hydrogen-bond acceptors (Lipinski definition) is 7. The van der Waals surface area contributed by atoms with Crippen molar-refractivity contribution in [3.8, 4) is 11.5 Å². The summed E-state index contributed by atoms with van der Waals surface area (Å²) in [5.74, 6) is -0.564. The molecule has 30 heavy (non-hydrogen) atoms. The monoisotopic (exact) mass is 419 g/mol. The van der Waals surface area contributed by atoms with Crippen LogP contribution in [0.15, 0.2) is 18.2 Å². The fraction of sp³-hybridized carbons (Fsp3) is 0.500. The van der Waals surface area contributed by atoms with Crippen LogP contribution in [0.5, 0.6) is 11.5 Å². The Kier molecular flexibility index (Phi) is 6.43. The van der Waals surface area contributed by atoms with E-state index >= 15 is 0 Å². The fourth-order valence-electron chi connectivity index (χ4n) is 3.21. The number of esters is 1. The van der Waals surface area contributed by atoms with Gasteiger partial charge in [0.25, 0.3) is 11.8 Å². The van der Waals surface area contributed by atoms with Crippen LogP contribution in [0.2, 0.25) is 0 Å². The molecule has 4 amide bonds. The zero-order valence-corrected chi connectivity index (χ0v) is 17.0. The fourth-order valence-corrected chi connectivity index (χ4v) is 3.21. The second-order valence-corrected chi connectivity index (χ2v) is 7.38. The molecule has 10 nitrogen and oxygen atoms in total. The van der Waals surface area contributed by atoms with Crippen LogP contribution >= 0.6 is 0 Å². The molecule has 2 aliphatic rings. The lowest BCUT2D eigenvalue weighted by Crippen LogP contribution is -2.44. The largest absolute Gasteiger partial charge is 0.454 e. The molecule has 0 unspecified atom stereocenters. The molecule has 0 aromatic heterocycles. The molecular formula is C20H25N3O7. The molecule has 1 saturated heterocycles. The number of fused-ring (bicyclic) bond motifs is 1. The van der Waals surface area contributed by atoms with Crippen molar-refractivity contribution in [1.29, 1.82) is 0 Å². The highest BCUT2D eigenvalue weighted by Crippen LogP contribution is 2.32. The predicted octanol–water partition coefficient (Wildman–Crippen LogP) is 1.08. The third-order valence-corrected chi connectivity index (χ3v) is 4.95. The quantitative estimate of drug-likeness (QED) is 0.453. The average molecular weight is 419 g/mol. The van der Waals surface area contributed by atoms with Gasteiger partial charge in [-0.1, -0.05) is 25.8 Å². The Morgan fingerprint density at radius 1 is 1.27 bits per heavy atom. The van der Waals surface area contributed by atoms with Crippen LogP contribution in [0.3, 0.4) is 0 Å². The molecule has 10 heteroatoms. The van der Waals surface area contributed by atoms with Gasteiger partial charge in [-0.05, 0) is 31.0 Å². The predicted molar refractivity (Wildman–Crippen MR) is 104 cm³/mol. The van der Waals surface area contributed by atoms with Crippen LogP contribution in [-0.2, 0) is 25.7 Å². The topological polar surface area (TPSA) is 123 Å². The number of urea groups is 1. The van der Waals surface area contributed by atoms with Crippen LogP contribution < -0.4 is 20.1 Å². The van der Waals surface area contributed by atoms with E-state index in [1.807, 2.05) is 6.92 Å². The molecule has 1 aromatic carbocycles. The minimum Gasteiger partial charge on any atom is -0.454 e. The van der Waals surface area contributed by atoms with Gasteiger partial charge in [-0.15, -0.1) is 0 Å². The van der Waals surface area contributed by atoms with Crippen molar-refractivity contribution >= 4 is 23.8 Å². The van der Waals surface area contributed by atoms with Gasteiger partial charge in [0.05, 0.1) is 0 Å².